The predicted octanol–water partition coefficient (Wildman–Crippen LogP) is 4.91. The van der Waals surface area contributed by atoms with Crippen molar-refractivity contribution in [3.8, 4) is 11.1 Å². The molecule has 0 unspecified atom stereocenters. The Kier molecular flexibility index (Phi) is 4.81. The molecular formula is C15H14Cl2FN. The Balaban J connectivity index is 2.45. The lowest BCUT2D eigenvalue weighted by atomic mass is 9.99. The van der Waals surface area contributed by atoms with Crippen LogP contribution in [0.5, 0.6) is 0 Å². The summed E-state index contributed by atoms with van der Waals surface area (Å²) in [6, 6.07) is 10.2. The molecule has 2 rings (SSSR count). The highest BCUT2D eigenvalue weighted by atomic mass is 35.5. The summed E-state index contributed by atoms with van der Waals surface area (Å²) in [5.41, 5.74) is 2.79. The second-order valence-electron chi connectivity index (χ2n) is 4.21. The zero-order valence-electron chi connectivity index (χ0n) is 10.5. The molecule has 100 valence electrons. The third kappa shape index (κ3) is 3.47. The summed E-state index contributed by atoms with van der Waals surface area (Å²) in [6.07, 6.45) is 0. The average Bonchev–Trinajstić information content (AvgIpc) is 2.40. The minimum atomic E-state index is -0.239. The van der Waals surface area contributed by atoms with Crippen molar-refractivity contribution in [2.24, 2.45) is 0 Å². The summed E-state index contributed by atoms with van der Waals surface area (Å²) < 4.78 is 13.4. The summed E-state index contributed by atoms with van der Waals surface area (Å²) in [5.74, 6) is -0.239. The standard InChI is InChI=1S/C15H14Cl2FN/c1-2-19-9-11-7-12(18)4-5-13(11)10-3-6-14(16)15(17)8-10/h3-8,19H,2,9H2,1H3. The summed E-state index contributed by atoms with van der Waals surface area (Å²) in [7, 11) is 0. The molecule has 0 aromatic heterocycles. The van der Waals surface area contributed by atoms with Gasteiger partial charge in [-0.1, -0.05) is 42.3 Å². The highest BCUT2D eigenvalue weighted by molar-refractivity contribution is 6.42. The maximum absolute atomic E-state index is 13.4. The van der Waals surface area contributed by atoms with Crippen LogP contribution < -0.4 is 5.32 Å². The Morgan fingerprint density at radius 1 is 1.05 bits per heavy atom. The SMILES string of the molecule is CCNCc1cc(F)ccc1-c1ccc(Cl)c(Cl)c1. The lowest BCUT2D eigenvalue weighted by Crippen LogP contribution is -2.12. The lowest BCUT2D eigenvalue weighted by Gasteiger charge is -2.11. The van der Waals surface area contributed by atoms with E-state index in [1.165, 1.54) is 6.07 Å². The van der Waals surface area contributed by atoms with Crippen LogP contribution in [-0.4, -0.2) is 6.54 Å². The van der Waals surface area contributed by atoms with Gasteiger partial charge in [0, 0.05) is 6.54 Å². The third-order valence-corrected chi connectivity index (χ3v) is 3.60. The molecule has 4 heteroatoms. The molecule has 1 N–H and O–H groups in total. The molecule has 0 aliphatic carbocycles. The van der Waals surface area contributed by atoms with Crippen LogP contribution in [0.3, 0.4) is 0 Å². The van der Waals surface area contributed by atoms with Crippen molar-refractivity contribution in [3.05, 3.63) is 57.8 Å². The number of halogens is 3. The average molecular weight is 298 g/mol. The van der Waals surface area contributed by atoms with Crippen molar-refractivity contribution >= 4 is 23.2 Å². The van der Waals surface area contributed by atoms with Crippen molar-refractivity contribution in [2.75, 3.05) is 6.54 Å². The van der Waals surface area contributed by atoms with E-state index in [4.69, 9.17) is 23.2 Å². The molecule has 0 heterocycles. The molecule has 0 atom stereocenters. The van der Waals surface area contributed by atoms with E-state index in [9.17, 15) is 4.39 Å². The molecular weight excluding hydrogens is 284 g/mol. The van der Waals surface area contributed by atoms with Gasteiger partial charge in [0.25, 0.3) is 0 Å². The number of hydrogen-bond acceptors (Lipinski definition) is 1. The maximum atomic E-state index is 13.4. The van der Waals surface area contributed by atoms with E-state index >= 15 is 0 Å². The van der Waals surface area contributed by atoms with Crippen molar-refractivity contribution in [1.29, 1.82) is 0 Å². The summed E-state index contributed by atoms with van der Waals surface area (Å²) in [4.78, 5) is 0. The van der Waals surface area contributed by atoms with Crippen LogP contribution in [0.1, 0.15) is 12.5 Å². The smallest absolute Gasteiger partial charge is 0.123 e. The molecule has 0 aliphatic heterocycles. The van der Waals surface area contributed by atoms with Gasteiger partial charge in [-0.25, -0.2) is 4.39 Å². The number of hydrogen-bond donors (Lipinski definition) is 1. The first kappa shape index (κ1) is 14.3. The van der Waals surface area contributed by atoms with Crippen molar-refractivity contribution in [3.63, 3.8) is 0 Å². The lowest BCUT2D eigenvalue weighted by molar-refractivity contribution is 0.622. The van der Waals surface area contributed by atoms with E-state index in [0.29, 0.717) is 16.6 Å². The fourth-order valence-electron chi connectivity index (χ4n) is 1.91. The van der Waals surface area contributed by atoms with Crippen LogP contribution in [0.25, 0.3) is 11.1 Å². The molecule has 2 aromatic carbocycles. The number of benzene rings is 2. The van der Waals surface area contributed by atoms with Gasteiger partial charge in [-0.3, -0.25) is 0 Å². The van der Waals surface area contributed by atoms with Gasteiger partial charge in [-0.05, 0) is 47.5 Å². The van der Waals surface area contributed by atoms with Crippen LogP contribution >= 0.6 is 23.2 Å². The van der Waals surface area contributed by atoms with Crippen molar-refractivity contribution in [2.45, 2.75) is 13.5 Å². The Hall–Kier alpha value is -1.09. The van der Waals surface area contributed by atoms with Crippen LogP contribution in [-0.2, 0) is 6.54 Å². The van der Waals surface area contributed by atoms with E-state index in [1.54, 1.807) is 24.3 Å². The Morgan fingerprint density at radius 2 is 1.84 bits per heavy atom. The van der Waals surface area contributed by atoms with Gasteiger partial charge in [-0.2, -0.15) is 0 Å². The monoisotopic (exact) mass is 297 g/mol. The normalized spacial score (nSPS) is 10.7. The van der Waals surface area contributed by atoms with E-state index in [-0.39, 0.29) is 5.82 Å². The number of nitrogens with one attached hydrogen (secondary N) is 1. The largest absolute Gasteiger partial charge is 0.313 e. The Bertz CT molecular complexity index is 584. The molecule has 2 aromatic rings. The van der Waals surface area contributed by atoms with Gasteiger partial charge in [-0.15, -0.1) is 0 Å². The molecule has 0 radical (unpaired) electrons. The maximum Gasteiger partial charge on any atom is 0.123 e. The molecule has 19 heavy (non-hydrogen) atoms. The fourth-order valence-corrected chi connectivity index (χ4v) is 2.21. The van der Waals surface area contributed by atoms with Gasteiger partial charge < -0.3 is 5.32 Å². The molecule has 0 amide bonds. The van der Waals surface area contributed by atoms with Crippen molar-refractivity contribution in [1.82, 2.24) is 5.32 Å². The quantitative estimate of drug-likeness (QED) is 0.845. The zero-order chi connectivity index (χ0) is 13.8. The number of rotatable bonds is 4. The fraction of sp³-hybridized carbons (Fsp3) is 0.200. The molecule has 0 saturated heterocycles. The van der Waals surface area contributed by atoms with Gasteiger partial charge in [0.2, 0.25) is 0 Å². The van der Waals surface area contributed by atoms with Crippen LogP contribution in [0.4, 0.5) is 4.39 Å². The van der Waals surface area contributed by atoms with Crippen molar-refractivity contribution < 1.29 is 4.39 Å². The summed E-state index contributed by atoms with van der Waals surface area (Å²) in [6.45, 7) is 3.46. The minimum absolute atomic E-state index is 0.239. The summed E-state index contributed by atoms with van der Waals surface area (Å²) >= 11 is 11.9. The summed E-state index contributed by atoms with van der Waals surface area (Å²) in [5, 5.41) is 4.21. The first-order chi connectivity index (χ1) is 9.11. The molecule has 0 bridgehead atoms. The van der Waals surface area contributed by atoms with E-state index in [0.717, 1.165) is 23.2 Å². The van der Waals surface area contributed by atoms with E-state index in [1.807, 2.05) is 13.0 Å². The zero-order valence-corrected chi connectivity index (χ0v) is 12.0. The van der Waals surface area contributed by atoms with Gasteiger partial charge >= 0.3 is 0 Å². The second-order valence-corrected chi connectivity index (χ2v) is 5.03. The van der Waals surface area contributed by atoms with Gasteiger partial charge in [0.1, 0.15) is 5.82 Å². The molecule has 0 aliphatic rings. The third-order valence-electron chi connectivity index (χ3n) is 2.86. The highest BCUT2D eigenvalue weighted by Gasteiger charge is 2.08. The molecule has 0 fully saturated rings. The van der Waals surface area contributed by atoms with Crippen LogP contribution in [0, 0.1) is 5.82 Å². The first-order valence-corrected chi connectivity index (χ1v) is 6.82. The van der Waals surface area contributed by atoms with Gasteiger partial charge in [0.15, 0.2) is 0 Å². The first-order valence-electron chi connectivity index (χ1n) is 6.06. The molecule has 1 nitrogen and oxygen atoms in total. The Labute approximate surface area is 122 Å². The van der Waals surface area contributed by atoms with E-state index in [2.05, 4.69) is 5.32 Å². The van der Waals surface area contributed by atoms with Crippen LogP contribution in [0.2, 0.25) is 10.0 Å². The van der Waals surface area contributed by atoms with Gasteiger partial charge in [0.05, 0.1) is 10.0 Å². The minimum Gasteiger partial charge on any atom is -0.313 e. The van der Waals surface area contributed by atoms with E-state index < -0.39 is 0 Å². The predicted molar refractivity (Wildman–Crippen MR) is 79.2 cm³/mol. The molecule has 0 spiro atoms. The highest BCUT2D eigenvalue weighted by Crippen LogP contribution is 2.30. The molecule has 0 saturated carbocycles. The van der Waals surface area contributed by atoms with Crippen LogP contribution in [0.15, 0.2) is 36.4 Å². The second kappa shape index (κ2) is 6.38. The topological polar surface area (TPSA) is 12.0 Å². The Morgan fingerprint density at radius 3 is 2.53 bits per heavy atom.